The number of hydrogen-bond donors (Lipinski definition) is 1. The van der Waals surface area contributed by atoms with Gasteiger partial charge in [-0.05, 0) is 35.3 Å². The maximum absolute atomic E-state index is 6.01. The first kappa shape index (κ1) is 12.8. The molecule has 0 aliphatic rings. The second-order valence-electron chi connectivity index (χ2n) is 3.59. The van der Waals surface area contributed by atoms with E-state index in [4.69, 9.17) is 17.3 Å². The summed E-state index contributed by atoms with van der Waals surface area (Å²) in [6, 6.07) is 1.91. The number of aryl methyl sites for hydroxylation is 1. The van der Waals surface area contributed by atoms with E-state index >= 15 is 0 Å². The van der Waals surface area contributed by atoms with Gasteiger partial charge in [-0.25, -0.2) is 9.97 Å². The predicted octanol–water partition coefficient (Wildman–Crippen LogP) is 4.07. The molecule has 2 heterocycles. The molecule has 2 rings (SSSR count). The van der Waals surface area contributed by atoms with Gasteiger partial charge in [0.1, 0.15) is 10.2 Å². The van der Waals surface area contributed by atoms with E-state index in [9.17, 15) is 0 Å². The van der Waals surface area contributed by atoms with E-state index < -0.39 is 0 Å². The Balaban J connectivity index is 2.56. The topological polar surface area (TPSA) is 51.8 Å². The van der Waals surface area contributed by atoms with E-state index in [1.54, 1.807) is 0 Å². The van der Waals surface area contributed by atoms with Crippen molar-refractivity contribution in [3.05, 3.63) is 26.1 Å². The van der Waals surface area contributed by atoms with Gasteiger partial charge in [0, 0.05) is 15.7 Å². The van der Waals surface area contributed by atoms with E-state index in [0.717, 1.165) is 27.0 Å². The molecule has 0 aliphatic carbocycles. The van der Waals surface area contributed by atoms with Crippen LogP contribution < -0.4 is 5.73 Å². The highest BCUT2D eigenvalue weighted by atomic mass is 79.9. The van der Waals surface area contributed by atoms with Crippen LogP contribution in [0.5, 0.6) is 0 Å². The number of aromatic nitrogens is 2. The summed E-state index contributed by atoms with van der Waals surface area (Å²) in [6.07, 6.45) is 0.839. The molecule has 0 amide bonds. The van der Waals surface area contributed by atoms with Gasteiger partial charge in [0.15, 0.2) is 5.82 Å². The smallest absolute Gasteiger partial charge is 0.171 e. The Morgan fingerprint density at radius 3 is 2.71 bits per heavy atom. The third kappa shape index (κ3) is 2.46. The molecule has 6 heteroatoms. The lowest BCUT2D eigenvalue weighted by molar-refractivity contribution is 0.984. The second-order valence-corrected chi connectivity index (χ2v) is 6.10. The average Bonchev–Trinajstić information content (AvgIpc) is 2.63. The Labute approximate surface area is 117 Å². The monoisotopic (exact) mass is 331 g/mol. The van der Waals surface area contributed by atoms with Gasteiger partial charge in [0.2, 0.25) is 0 Å². The average molecular weight is 333 g/mol. The van der Waals surface area contributed by atoms with Crippen molar-refractivity contribution in [3.8, 4) is 10.7 Å². The molecule has 0 atom stereocenters. The normalized spacial score (nSPS) is 10.8. The van der Waals surface area contributed by atoms with Crippen molar-refractivity contribution in [3.63, 3.8) is 0 Å². The van der Waals surface area contributed by atoms with Crippen LogP contribution in [-0.2, 0) is 6.42 Å². The molecule has 0 unspecified atom stereocenters. The second kappa shape index (κ2) is 4.92. The Morgan fingerprint density at radius 2 is 2.18 bits per heavy atom. The van der Waals surface area contributed by atoms with Crippen molar-refractivity contribution in [1.82, 2.24) is 9.97 Å². The zero-order valence-corrected chi connectivity index (χ0v) is 12.6. The van der Waals surface area contributed by atoms with Crippen molar-refractivity contribution in [2.24, 2.45) is 0 Å². The van der Waals surface area contributed by atoms with Gasteiger partial charge in [-0.3, -0.25) is 0 Å². The molecule has 17 heavy (non-hydrogen) atoms. The van der Waals surface area contributed by atoms with Crippen molar-refractivity contribution in [2.45, 2.75) is 20.3 Å². The summed E-state index contributed by atoms with van der Waals surface area (Å²) in [5, 5.41) is 0. The van der Waals surface area contributed by atoms with Crippen LogP contribution in [0.3, 0.4) is 0 Å². The fourth-order valence-corrected chi connectivity index (χ4v) is 3.13. The summed E-state index contributed by atoms with van der Waals surface area (Å²) in [5.74, 6) is 1.18. The minimum atomic E-state index is 0.535. The molecule has 0 aromatic carbocycles. The van der Waals surface area contributed by atoms with Crippen molar-refractivity contribution in [2.75, 3.05) is 5.73 Å². The van der Waals surface area contributed by atoms with Crippen LogP contribution in [0.1, 0.15) is 18.2 Å². The van der Waals surface area contributed by atoms with Gasteiger partial charge >= 0.3 is 0 Å². The molecule has 2 aromatic rings. The Bertz CT molecular complexity index is 549. The number of nitrogens with two attached hydrogens (primary N) is 1. The van der Waals surface area contributed by atoms with Crippen LogP contribution in [0.15, 0.2) is 10.5 Å². The molecular formula is C11H11BrClN3S. The number of hydrogen-bond acceptors (Lipinski definition) is 4. The molecule has 90 valence electrons. The lowest BCUT2D eigenvalue weighted by atomic mass is 10.2. The molecule has 0 radical (unpaired) electrons. The van der Waals surface area contributed by atoms with Crippen LogP contribution in [0.4, 0.5) is 5.82 Å². The number of nitrogens with zero attached hydrogens (tertiary/aromatic N) is 2. The number of nitrogen functional groups attached to an aromatic ring is 1. The number of halogens is 2. The molecule has 2 aromatic heterocycles. The van der Waals surface area contributed by atoms with Crippen molar-refractivity contribution >= 4 is 44.7 Å². The number of anilines is 1. The lowest BCUT2D eigenvalue weighted by Gasteiger charge is -2.07. The lowest BCUT2D eigenvalue weighted by Crippen LogP contribution is -2.03. The summed E-state index contributed by atoms with van der Waals surface area (Å²) >= 11 is 10.8. The van der Waals surface area contributed by atoms with Gasteiger partial charge in [-0.15, -0.1) is 11.3 Å². The minimum absolute atomic E-state index is 0.535. The zero-order valence-electron chi connectivity index (χ0n) is 9.42. The third-order valence-corrected chi connectivity index (χ3v) is 4.96. The van der Waals surface area contributed by atoms with E-state index in [2.05, 4.69) is 32.8 Å². The number of thiophene rings is 1. The Kier molecular flexibility index (Phi) is 3.70. The first-order valence-electron chi connectivity index (χ1n) is 5.11. The Hall–Kier alpha value is -0.650. The van der Waals surface area contributed by atoms with Crippen molar-refractivity contribution < 1.29 is 0 Å². The molecule has 0 bridgehead atoms. The van der Waals surface area contributed by atoms with Gasteiger partial charge in [-0.1, -0.05) is 18.5 Å². The fraction of sp³-hybridized carbons (Fsp3) is 0.273. The molecule has 0 spiro atoms. The summed E-state index contributed by atoms with van der Waals surface area (Å²) in [6.45, 7) is 3.99. The van der Waals surface area contributed by atoms with Crippen LogP contribution in [-0.4, -0.2) is 9.97 Å². The zero-order chi connectivity index (χ0) is 12.6. The number of rotatable bonds is 2. The summed E-state index contributed by atoms with van der Waals surface area (Å²) in [7, 11) is 0. The summed E-state index contributed by atoms with van der Waals surface area (Å²) < 4.78 is 1.56. The van der Waals surface area contributed by atoms with Crippen LogP contribution in [0.25, 0.3) is 10.7 Å². The quantitative estimate of drug-likeness (QED) is 0.901. The van der Waals surface area contributed by atoms with E-state index in [-0.39, 0.29) is 0 Å². The molecule has 0 saturated heterocycles. The summed E-state index contributed by atoms with van der Waals surface area (Å²) in [5.41, 5.74) is 7.82. The SMILES string of the molecule is CCc1nc(-c2cc(Br)c(Cl)s2)nc(N)c1C. The van der Waals surface area contributed by atoms with Crippen LogP contribution in [0, 0.1) is 6.92 Å². The van der Waals surface area contributed by atoms with Crippen molar-refractivity contribution in [1.29, 1.82) is 0 Å². The fourth-order valence-electron chi connectivity index (χ4n) is 1.49. The first-order valence-corrected chi connectivity index (χ1v) is 7.09. The maximum Gasteiger partial charge on any atom is 0.171 e. The predicted molar refractivity (Wildman–Crippen MR) is 76.6 cm³/mol. The molecule has 2 N–H and O–H groups in total. The molecular weight excluding hydrogens is 322 g/mol. The first-order chi connectivity index (χ1) is 8.02. The van der Waals surface area contributed by atoms with Gasteiger partial charge in [0.25, 0.3) is 0 Å². The summed E-state index contributed by atoms with van der Waals surface area (Å²) in [4.78, 5) is 9.74. The minimum Gasteiger partial charge on any atom is -0.383 e. The van der Waals surface area contributed by atoms with Gasteiger partial charge in [-0.2, -0.15) is 0 Å². The highest BCUT2D eigenvalue weighted by molar-refractivity contribution is 9.10. The van der Waals surface area contributed by atoms with Crippen LogP contribution >= 0.6 is 38.9 Å². The Morgan fingerprint density at radius 1 is 1.47 bits per heavy atom. The maximum atomic E-state index is 6.01. The molecule has 0 fully saturated rings. The van der Waals surface area contributed by atoms with Gasteiger partial charge in [0.05, 0.1) is 4.88 Å². The highest BCUT2D eigenvalue weighted by Crippen LogP contribution is 2.37. The molecule has 0 saturated carbocycles. The molecule has 0 aliphatic heterocycles. The molecule has 3 nitrogen and oxygen atoms in total. The largest absolute Gasteiger partial charge is 0.383 e. The van der Waals surface area contributed by atoms with Crippen LogP contribution in [0.2, 0.25) is 4.34 Å². The standard InChI is InChI=1S/C11H11BrClN3S/c1-3-7-5(2)10(14)16-11(15-7)8-4-6(12)9(13)17-8/h4H,3H2,1-2H3,(H2,14,15,16). The van der Waals surface area contributed by atoms with E-state index in [1.165, 1.54) is 11.3 Å². The van der Waals surface area contributed by atoms with E-state index in [1.807, 2.05) is 13.0 Å². The van der Waals surface area contributed by atoms with E-state index in [0.29, 0.717) is 16.0 Å². The van der Waals surface area contributed by atoms with Gasteiger partial charge < -0.3 is 5.73 Å². The highest BCUT2D eigenvalue weighted by Gasteiger charge is 2.12. The third-order valence-electron chi connectivity index (χ3n) is 2.48.